The predicted octanol–water partition coefficient (Wildman–Crippen LogP) is 1.86. The van der Waals surface area contributed by atoms with Crippen LogP contribution in [0.2, 0.25) is 0 Å². The fraction of sp³-hybridized carbons (Fsp3) is 0.667. The molecule has 1 aliphatic heterocycles. The number of ether oxygens (including phenoxy) is 1. The topological polar surface area (TPSA) is 42.4 Å². The van der Waals surface area contributed by atoms with Gasteiger partial charge in [-0.2, -0.15) is 16.1 Å². The molecule has 1 fully saturated rings. The zero-order chi connectivity index (χ0) is 10.2. The number of hydrogen-bond acceptors (Lipinski definition) is 5. The van der Waals surface area contributed by atoms with Crippen LogP contribution in [0.3, 0.4) is 0 Å². The maximum Gasteiger partial charge on any atom is 0.225 e. The lowest BCUT2D eigenvalue weighted by Gasteiger charge is -2.18. The Morgan fingerprint density at radius 3 is 3.00 bits per heavy atom. The van der Waals surface area contributed by atoms with E-state index in [9.17, 15) is 5.11 Å². The molecule has 1 aromatic rings. The molecule has 0 aromatic carbocycles. The summed E-state index contributed by atoms with van der Waals surface area (Å²) >= 11 is 3.14. The Kier molecular flexibility index (Phi) is 2.72. The summed E-state index contributed by atoms with van der Waals surface area (Å²) in [5, 5.41) is 10.9. The molecule has 2 rings (SSSR count). The van der Waals surface area contributed by atoms with Gasteiger partial charge in [0, 0.05) is 17.1 Å². The van der Waals surface area contributed by atoms with Crippen LogP contribution in [0, 0.1) is 0 Å². The van der Waals surface area contributed by atoms with Crippen LogP contribution in [0.4, 0.5) is 0 Å². The molecular formula is C9H13NO2S2. The molecule has 0 radical (unpaired) electrons. The molecule has 0 bridgehead atoms. The Balaban J connectivity index is 2.21. The van der Waals surface area contributed by atoms with E-state index in [2.05, 4.69) is 11.3 Å². The average Bonchev–Trinajstić information content (AvgIpc) is 2.73. The molecule has 1 aliphatic rings. The van der Waals surface area contributed by atoms with Crippen molar-refractivity contribution in [2.24, 2.45) is 0 Å². The summed E-state index contributed by atoms with van der Waals surface area (Å²) in [5.74, 6) is 1.36. The van der Waals surface area contributed by atoms with Crippen molar-refractivity contribution in [3.8, 4) is 5.88 Å². The molecule has 0 spiro atoms. The smallest absolute Gasteiger partial charge is 0.225 e. The van der Waals surface area contributed by atoms with E-state index >= 15 is 0 Å². The Labute approximate surface area is 91.6 Å². The maximum absolute atomic E-state index is 10.3. The highest BCUT2D eigenvalue weighted by molar-refractivity contribution is 8.00. The van der Waals surface area contributed by atoms with Crippen molar-refractivity contribution in [1.82, 2.24) is 4.37 Å². The van der Waals surface area contributed by atoms with Crippen molar-refractivity contribution < 1.29 is 9.84 Å². The lowest BCUT2D eigenvalue weighted by molar-refractivity contribution is 0.0649. The number of nitrogens with zero attached hydrogens (tertiary/aromatic N) is 1. The number of hydrogen-bond donors (Lipinski definition) is 1. The highest BCUT2D eigenvalue weighted by atomic mass is 32.2. The quantitative estimate of drug-likeness (QED) is 0.843. The van der Waals surface area contributed by atoms with Gasteiger partial charge < -0.3 is 9.84 Å². The van der Waals surface area contributed by atoms with E-state index in [-0.39, 0.29) is 0 Å². The van der Waals surface area contributed by atoms with Gasteiger partial charge in [0.1, 0.15) is 5.60 Å². The molecule has 2 heterocycles. The van der Waals surface area contributed by atoms with E-state index in [0.717, 1.165) is 17.1 Å². The lowest BCUT2D eigenvalue weighted by atomic mass is 9.99. The third-order valence-corrected chi connectivity index (χ3v) is 4.73. The molecule has 14 heavy (non-hydrogen) atoms. The first-order valence-electron chi connectivity index (χ1n) is 4.49. The van der Waals surface area contributed by atoms with Crippen LogP contribution >= 0.6 is 23.3 Å². The number of thioether (sulfide) groups is 1. The molecular weight excluding hydrogens is 218 g/mol. The average molecular weight is 231 g/mol. The largest absolute Gasteiger partial charge is 0.480 e. The van der Waals surface area contributed by atoms with Crippen LogP contribution < -0.4 is 4.74 Å². The molecule has 1 saturated heterocycles. The Morgan fingerprint density at radius 1 is 1.71 bits per heavy atom. The Hall–Kier alpha value is -0.260. The number of methoxy groups -OCH3 is 1. The molecule has 0 aliphatic carbocycles. The Bertz CT molecular complexity index is 328. The maximum atomic E-state index is 10.3. The van der Waals surface area contributed by atoms with E-state index in [1.54, 1.807) is 18.9 Å². The second kappa shape index (κ2) is 3.72. The number of rotatable bonds is 2. The summed E-state index contributed by atoms with van der Waals surface area (Å²) in [6.07, 6.45) is 0.809. The van der Waals surface area contributed by atoms with Crippen molar-refractivity contribution in [2.45, 2.75) is 24.2 Å². The first-order chi connectivity index (χ1) is 6.64. The van der Waals surface area contributed by atoms with Crippen molar-refractivity contribution >= 4 is 23.3 Å². The van der Waals surface area contributed by atoms with Crippen molar-refractivity contribution in [3.63, 3.8) is 0 Å². The SMILES string of the molecule is COc1cc(C2(O)CSC(C)C2)sn1. The van der Waals surface area contributed by atoms with E-state index < -0.39 is 5.60 Å². The third-order valence-electron chi connectivity index (χ3n) is 2.39. The molecule has 2 atom stereocenters. The molecule has 1 aromatic heterocycles. The first kappa shape index (κ1) is 10.3. The van der Waals surface area contributed by atoms with Gasteiger partial charge in [0.25, 0.3) is 0 Å². The highest BCUT2D eigenvalue weighted by Gasteiger charge is 2.39. The van der Waals surface area contributed by atoms with E-state index in [1.807, 2.05) is 6.07 Å². The van der Waals surface area contributed by atoms with E-state index in [1.165, 1.54) is 11.5 Å². The summed E-state index contributed by atoms with van der Waals surface area (Å²) in [5.41, 5.74) is -0.682. The summed E-state index contributed by atoms with van der Waals surface area (Å²) in [6.45, 7) is 2.14. The summed E-state index contributed by atoms with van der Waals surface area (Å²) in [4.78, 5) is 0.922. The first-order valence-corrected chi connectivity index (χ1v) is 6.31. The second-order valence-electron chi connectivity index (χ2n) is 3.59. The molecule has 0 amide bonds. The van der Waals surface area contributed by atoms with Crippen molar-refractivity contribution in [1.29, 1.82) is 0 Å². The minimum absolute atomic E-state index is 0.521. The molecule has 78 valence electrons. The highest BCUT2D eigenvalue weighted by Crippen LogP contribution is 2.43. The van der Waals surface area contributed by atoms with Gasteiger partial charge >= 0.3 is 0 Å². The van der Waals surface area contributed by atoms with Gasteiger partial charge in [0.2, 0.25) is 5.88 Å². The monoisotopic (exact) mass is 231 g/mol. The van der Waals surface area contributed by atoms with E-state index in [0.29, 0.717) is 11.1 Å². The van der Waals surface area contributed by atoms with Crippen LogP contribution in [-0.2, 0) is 5.60 Å². The standard InChI is InChI=1S/C9H13NO2S2/c1-6-4-9(11,5-13-6)7-3-8(12-2)10-14-7/h3,6,11H,4-5H2,1-2H3. The zero-order valence-electron chi connectivity index (χ0n) is 8.19. The summed E-state index contributed by atoms with van der Waals surface area (Å²) in [6, 6.07) is 1.84. The number of aliphatic hydroxyl groups is 1. The van der Waals surface area contributed by atoms with Crippen LogP contribution in [0.25, 0.3) is 0 Å². The normalized spacial score (nSPS) is 32.1. The molecule has 5 heteroatoms. The van der Waals surface area contributed by atoms with Gasteiger partial charge in [0.15, 0.2) is 0 Å². The zero-order valence-corrected chi connectivity index (χ0v) is 9.82. The molecule has 3 nitrogen and oxygen atoms in total. The predicted molar refractivity (Wildman–Crippen MR) is 59.1 cm³/mol. The summed E-state index contributed by atoms with van der Waals surface area (Å²) < 4.78 is 9.11. The van der Waals surface area contributed by atoms with Gasteiger partial charge in [-0.1, -0.05) is 6.92 Å². The van der Waals surface area contributed by atoms with Gasteiger partial charge in [-0.05, 0) is 18.0 Å². The van der Waals surface area contributed by atoms with Crippen molar-refractivity contribution in [2.75, 3.05) is 12.9 Å². The lowest BCUT2D eigenvalue weighted by Crippen LogP contribution is -2.23. The minimum atomic E-state index is -0.682. The molecule has 2 unspecified atom stereocenters. The van der Waals surface area contributed by atoms with Crippen molar-refractivity contribution in [3.05, 3.63) is 10.9 Å². The van der Waals surface area contributed by atoms with Gasteiger partial charge in [-0.15, -0.1) is 0 Å². The minimum Gasteiger partial charge on any atom is -0.480 e. The van der Waals surface area contributed by atoms with Gasteiger partial charge in [0.05, 0.1) is 12.0 Å². The van der Waals surface area contributed by atoms with Crippen LogP contribution in [0.15, 0.2) is 6.07 Å². The van der Waals surface area contributed by atoms with Crippen LogP contribution in [-0.4, -0.2) is 27.6 Å². The Morgan fingerprint density at radius 2 is 2.50 bits per heavy atom. The van der Waals surface area contributed by atoms with Crippen LogP contribution in [0.1, 0.15) is 18.2 Å². The second-order valence-corrected chi connectivity index (χ2v) is 5.82. The fourth-order valence-electron chi connectivity index (χ4n) is 1.62. The van der Waals surface area contributed by atoms with Crippen LogP contribution in [0.5, 0.6) is 5.88 Å². The third kappa shape index (κ3) is 1.76. The molecule has 1 N–H and O–H groups in total. The van der Waals surface area contributed by atoms with E-state index in [4.69, 9.17) is 4.74 Å². The summed E-state index contributed by atoms with van der Waals surface area (Å²) in [7, 11) is 1.59. The number of aromatic nitrogens is 1. The fourth-order valence-corrected chi connectivity index (χ4v) is 3.73. The van der Waals surface area contributed by atoms with Gasteiger partial charge in [-0.3, -0.25) is 0 Å². The van der Waals surface area contributed by atoms with Gasteiger partial charge in [-0.25, -0.2) is 0 Å². The molecule has 0 saturated carbocycles.